The standard InChI is InChI=1S/C49H35BN2/c1-49(2)39-25-15-26-41-46(39)52-47-40(49)28-31-18-9-10-22-34(31)43(47)44-37(35-23-12-11-21-33(35)30-16-5-3-6-17-30)29-38(45(50-41)48(44)52)36-24-13-14-27-42(36)51-32-19-7-4-8-20-32/h3-29,50-51H,1-2H3. The van der Waals surface area contributed by atoms with Crippen molar-refractivity contribution in [2.45, 2.75) is 19.3 Å². The van der Waals surface area contributed by atoms with Crippen LogP contribution in [0.3, 0.4) is 0 Å². The molecule has 3 heterocycles. The van der Waals surface area contributed by atoms with Gasteiger partial charge in [0, 0.05) is 44.3 Å². The van der Waals surface area contributed by atoms with Gasteiger partial charge >= 0.3 is 0 Å². The molecule has 0 atom stereocenters. The van der Waals surface area contributed by atoms with Crippen molar-refractivity contribution in [1.29, 1.82) is 0 Å². The first kappa shape index (κ1) is 29.4. The van der Waals surface area contributed by atoms with Crippen LogP contribution in [-0.4, -0.2) is 11.8 Å². The number of hydrogen-bond acceptors (Lipinski definition) is 1. The Morgan fingerprint density at radius 3 is 2.04 bits per heavy atom. The average Bonchev–Trinajstić information content (AvgIpc) is 3.55. The largest absolute Gasteiger partial charge is 0.355 e. The first-order valence-corrected chi connectivity index (χ1v) is 18.3. The Balaban J connectivity index is 1.36. The highest BCUT2D eigenvalue weighted by Gasteiger charge is 2.40. The molecule has 11 rings (SSSR count). The summed E-state index contributed by atoms with van der Waals surface area (Å²) in [6.45, 7) is 4.84. The maximum Gasteiger partial charge on any atom is 0.198 e. The highest BCUT2D eigenvalue weighted by molar-refractivity contribution is 6.74. The Bertz CT molecular complexity index is 2920. The Morgan fingerprint density at radius 2 is 1.21 bits per heavy atom. The van der Waals surface area contributed by atoms with Crippen LogP contribution in [0.1, 0.15) is 25.0 Å². The molecule has 0 saturated heterocycles. The summed E-state index contributed by atoms with van der Waals surface area (Å²) < 4.78 is 2.67. The molecule has 2 nitrogen and oxygen atoms in total. The molecule has 0 saturated carbocycles. The van der Waals surface area contributed by atoms with Crippen LogP contribution in [0.4, 0.5) is 11.4 Å². The van der Waals surface area contributed by atoms with Gasteiger partial charge in [-0.15, -0.1) is 0 Å². The van der Waals surface area contributed by atoms with Gasteiger partial charge in [-0.2, -0.15) is 0 Å². The Kier molecular flexibility index (Phi) is 6.13. The van der Waals surface area contributed by atoms with Gasteiger partial charge in [0.25, 0.3) is 0 Å². The van der Waals surface area contributed by atoms with Gasteiger partial charge in [0.05, 0.1) is 5.52 Å². The van der Waals surface area contributed by atoms with E-state index >= 15 is 0 Å². The summed E-state index contributed by atoms with van der Waals surface area (Å²) in [6, 6.07) is 60.3. The SMILES string of the molecule is CC1(C)c2cccc3c2-n2c4c(c(-c5ccccc5Nc5ccccc5)cc(-c5ccccc5-c5ccccc5)c4c4c5ccccc5cc1c42)B3. The van der Waals surface area contributed by atoms with Crippen molar-refractivity contribution in [2.24, 2.45) is 0 Å². The van der Waals surface area contributed by atoms with Gasteiger partial charge in [0.2, 0.25) is 0 Å². The minimum Gasteiger partial charge on any atom is -0.355 e. The molecular weight excluding hydrogens is 627 g/mol. The Morgan fingerprint density at radius 1 is 0.519 bits per heavy atom. The maximum absolute atomic E-state index is 3.79. The molecule has 2 aliphatic rings. The number of rotatable bonds is 5. The van der Waals surface area contributed by atoms with Crippen LogP contribution in [0.25, 0.3) is 71.6 Å². The summed E-state index contributed by atoms with van der Waals surface area (Å²) in [5, 5.41) is 9.11. The zero-order valence-corrected chi connectivity index (χ0v) is 29.2. The fraction of sp³-hybridized carbons (Fsp3) is 0.0612. The molecule has 8 aromatic carbocycles. The lowest BCUT2D eigenvalue weighted by atomic mass is 9.57. The number of para-hydroxylation sites is 3. The first-order valence-electron chi connectivity index (χ1n) is 18.3. The third kappa shape index (κ3) is 4.02. The van der Waals surface area contributed by atoms with Crippen LogP contribution < -0.4 is 16.2 Å². The van der Waals surface area contributed by atoms with Crippen molar-refractivity contribution in [3.63, 3.8) is 0 Å². The second-order valence-corrected chi connectivity index (χ2v) is 14.9. The highest BCUT2D eigenvalue weighted by Crippen LogP contribution is 2.53. The fourth-order valence-electron chi connectivity index (χ4n) is 9.40. The van der Waals surface area contributed by atoms with Crippen molar-refractivity contribution in [3.8, 4) is 39.1 Å². The summed E-state index contributed by atoms with van der Waals surface area (Å²) in [7, 11) is 0.870. The number of aromatic nitrogens is 1. The lowest BCUT2D eigenvalue weighted by Gasteiger charge is -2.38. The zero-order valence-electron chi connectivity index (χ0n) is 29.2. The topological polar surface area (TPSA) is 17.0 Å². The fourth-order valence-corrected chi connectivity index (χ4v) is 9.40. The first-order chi connectivity index (χ1) is 25.6. The summed E-state index contributed by atoms with van der Waals surface area (Å²) in [5.74, 6) is 0. The van der Waals surface area contributed by atoms with E-state index in [0.29, 0.717) is 0 Å². The van der Waals surface area contributed by atoms with Gasteiger partial charge < -0.3 is 9.88 Å². The number of anilines is 2. The van der Waals surface area contributed by atoms with Crippen molar-refractivity contribution in [1.82, 2.24) is 4.57 Å². The second-order valence-electron chi connectivity index (χ2n) is 14.9. The molecule has 0 radical (unpaired) electrons. The minimum atomic E-state index is -0.160. The van der Waals surface area contributed by atoms with E-state index in [9.17, 15) is 0 Å². The van der Waals surface area contributed by atoms with Crippen LogP contribution in [0, 0.1) is 0 Å². The number of benzene rings is 8. The predicted octanol–water partition coefficient (Wildman–Crippen LogP) is 11.0. The minimum absolute atomic E-state index is 0.160. The monoisotopic (exact) mass is 662 g/mol. The Hall–Kier alpha value is -6.32. The highest BCUT2D eigenvalue weighted by atomic mass is 15.0. The number of fused-ring (bicyclic) bond motifs is 3. The van der Waals surface area contributed by atoms with Crippen molar-refractivity contribution in [3.05, 3.63) is 175 Å². The molecular formula is C49H35BN2. The quantitative estimate of drug-likeness (QED) is 0.182. The normalized spacial score (nSPS) is 13.5. The second kappa shape index (κ2) is 10.8. The zero-order chi connectivity index (χ0) is 34.6. The van der Waals surface area contributed by atoms with Gasteiger partial charge in [-0.3, -0.25) is 0 Å². The molecule has 0 fully saturated rings. The van der Waals surface area contributed by atoms with Crippen LogP contribution >= 0.6 is 0 Å². The van der Waals surface area contributed by atoms with Gasteiger partial charge in [-0.1, -0.05) is 153 Å². The third-order valence-corrected chi connectivity index (χ3v) is 11.8. The third-order valence-electron chi connectivity index (χ3n) is 11.8. The predicted molar refractivity (Wildman–Crippen MR) is 223 cm³/mol. The molecule has 3 heteroatoms. The molecule has 1 aromatic heterocycles. The lowest BCUT2D eigenvalue weighted by molar-refractivity contribution is 0.632. The van der Waals surface area contributed by atoms with Crippen LogP contribution in [0.5, 0.6) is 0 Å². The molecule has 52 heavy (non-hydrogen) atoms. The molecule has 0 spiro atoms. The van der Waals surface area contributed by atoms with E-state index in [1.54, 1.807) is 0 Å². The van der Waals surface area contributed by atoms with Crippen molar-refractivity contribution < 1.29 is 0 Å². The van der Waals surface area contributed by atoms with Crippen LogP contribution in [0.2, 0.25) is 0 Å². The van der Waals surface area contributed by atoms with E-state index in [2.05, 4.69) is 188 Å². The summed E-state index contributed by atoms with van der Waals surface area (Å²) in [4.78, 5) is 0. The maximum atomic E-state index is 3.79. The molecule has 0 aliphatic carbocycles. The smallest absolute Gasteiger partial charge is 0.198 e. The van der Waals surface area contributed by atoms with Gasteiger partial charge in [-0.05, 0) is 85.5 Å². The van der Waals surface area contributed by atoms with Crippen molar-refractivity contribution in [2.75, 3.05) is 5.32 Å². The van der Waals surface area contributed by atoms with Crippen LogP contribution in [0.15, 0.2) is 164 Å². The lowest BCUT2D eigenvalue weighted by Crippen LogP contribution is -2.41. The van der Waals surface area contributed by atoms with E-state index in [4.69, 9.17) is 0 Å². The summed E-state index contributed by atoms with van der Waals surface area (Å²) in [5.41, 5.74) is 19.1. The molecule has 244 valence electrons. The molecule has 2 aliphatic heterocycles. The van der Waals surface area contributed by atoms with E-state index in [0.717, 1.165) is 18.7 Å². The molecule has 9 aromatic rings. The number of nitrogens with one attached hydrogen (secondary N) is 1. The van der Waals surface area contributed by atoms with Crippen molar-refractivity contribution >= 4 is 62.2 Å². The van der Waals surface area contributed by atoms with E-state index in [1.807, 2.05) is 0 Å². The van der Waals surface area contributed by atoms with E-state index < -0.39 is 0 Å². The molecule has 0 unspecified atom stereocenters. The van der Waals surface area contributed by atoms with Crippen LogP contribution in [-0.2, 0) is 5.41 Å². The van der Waals surface area contributed by atoms with Gasteiger partial charge in [-0.25, -0.2) is 0 Å². The van der Waals surface area contributed by atoms with E-state index in [1.165, 1.54) is 93.7 Å². The Labute approximate surface area is 304 Å². The van der Waals surface area contributed by atoms with Gasteiger partial charge in [0.1, 0.15) is 0 Å². The summed E-state index contributed by atoms with van der Waals surface area (Å²) in [6.07, 6.45) is 0. The number of nitrogens with zero attached hydrogens (tertiary/aromatic N) is 1. The molecule has 0 bridgehead atoms. The van der Waals surface area contributed by atoms with Gasteiger partial charge in [0.15, 0.2) is 7.28 Å². The number of hydrogen-bond donors (Lipinski definition) is 1. The molecule has 0 amide bonds. The summed E-state index contributed by atoms with van der Waals surface area (Å²) >= 11 is 0. The average molecular weight is 663 g/mol. The molecule has 1 N–H and O–H groups in total. The van der Waals surface area contributed by atoms with E-state index in [-0.39, 0.29) is 5.41 Å².